The predicted molar refractivity (Wildman–Crippen MR) is 56.5 cm³/mol. The Balaban J connectivity index is 2.52. The van der Waals surface area contributed by atoms with Crippen LogP contribution in [0.4, 0.5) is 5.95 Å². The summed E-state index contributed by atoms with van der Waals surface area (Å²) in [6, 6.07) is 0. The Morgan fingerprint density at radius 1 is 1.29 bits per heavy atom. The Bertz CT molecular complexity index is 276. The molecule has 0 unspecified atom stereocenters. The average molecular weight is 195 g/mol. The van der Waals surface area contributed by atoms with Crippen LogP contribution < -0.4 is 10.1 Å². The van der Waals surface area contributed by atoms with Gasteiger partial charge in [-0.05, 0) is 5.41 Å². The van der Waals surface area contributed by atoms with Crippen LogP contribution in [0.3, 0.4) is 0 Å². The molecule has 0 aliphatic rings. The Labute approximate surface area is 84.7 Å². The molecule has 0 fully saturated rings. The zero-order chi connectivity index (χ0) is 10.6. The Hall–Kier alpha value is -1.32. The minimum Gasteiger partial charge on any atom is -0.494 e. The number of rotatable bonds is 3. The van der Waals surface area contributed by atoms with Crippen molar-refractivity contribution in [2.75, 3.05) is 19.0 Å². The molecule has 4 nitrogen and oxygen atoms in total. The molecule has 0 aromatic carbocycles. The van der Waals surface area contributed by atoms with Gasteiger partial charge in [0.2, 0.25) is 5.95 Å². The van der Waals surface area contributed by atoms with Gasteiger partial charge in [-0.15, -0.1) is 0 Å². The van der Waals surface area contributed by atoms with E-state index in [-0.39, 0.29) is 5.41 Å². The highest BCUT2D eigenvalue weighted by Crippen LogP contribution is 2.13. The molecule has 0 saturated heterocycles. The number of anilines is 1. The number of aromatic nitrogens is 2. The highest BCUT2D eigenvalue weighted by molar-refractivity contribution is 5.27. The highest BCUT2D eigenvalue weighted by atomic mass is 16.5. The van der Waals surface area contributed by atoms with E-state index in [0.29, 0.717) is 11.7 Å². The van der Waals surface area contributed by atoms with Crippen LogP contribution in [0.1, 0.15) is 20.8 Å². The van der Waals surface area contributed by atoms with E-state index in [0.717, 1.165) is 6.54 Å². The predicted octanol–water partition coefficient (Wildman–Crippen LogP) is 1.94. The van der Waals surface area contributed by atoms with Crippen molar-refractivity contribution in [3.8, 4) is 5.75 Å². The summed E-state index contributed by atoms with van der Waals surface area (Å²) in [5.41, 5.74) is 0.225. The van der Waals surface area contributed by atoms with Crippen LogP contribution in [0.2, 0.25) is 0 Å². The molecule has 0 saturated carbocycles. The number of hydrogen-bond acceptors (Lipinski definition) is 4. The lowest BCUT2D eigenvalue weighted by molar-refractivity contribution is 0.410. The molecule has 1 aromatic heterocycles. The molecule has 0 amide bonds. The normalized spacial score (nSPS) is 11.1. The maximum atomic E-state index is 4.96. The standard InChI is InChI=1S/C10H17N3O/c1-10(2,3)7-13-9-11-5-8(14-4)6-12-9/h5-6H,7H2,1-4H3,(H,11,12,13). The number of nitrogens with one attached hydrogen (secondary N) is 1. The van der Waals surface area contributed by atoms with Crippen molar-refractivity contribution in [1.29, 1.82) is 0 Å². The molecule has 78 valence electrons. The van der Waals surface area contributed by atoms with E-state index in [1.165, 1.54) is 0 Å². The van der Waals surface area contributed by atoms with E-state index >= 15 is 0 Å². The molecule has 0 atom stereocenters. The first-order valence-electron chi connectivity index (χ1n) is 4.61. The summed E-state index contributed by atoms with van der Waals surface area (Å²) in [6.07, 6.45) is 3.30. The summed E-state index contributed by atoms with van der Waals surface area (Å²) in [5.74, 6) is 1.31. The fourth-order valence-corrected chi connectivity index (χ4v) is 0.857. The number of nitrogens with zero attached hydrogens (tertiary/aromatic N) is 2. The first kappa shape index (κ1) is 10.8. The van der Waals surface area contributed by atoms with Gasteiger partial charge in [0.15, 0.2) is 5.75 Å². The lowest BCUT2D eigenvalue weighted by atomic mass is 9.97. The van der Waals surface area contributed by atoms with E-state index in [4.69, 9.17) is 4.74 Å². The third kappa shape index (κ3) is 3.60. The minimum atomic E-state index is 0.225. The van der Waals surface area contributed by atoms with Crippen LogP contribution in [0.25, 0.3) is 0 Å². The van der Waals surface area contributed by atoms with E-state index in [1.54, 1.807) is 19.5 Å². The first-order valence-corrected chi connectivity index (χ1v) is 4.61. The molecule has 0 radical (unpaired) electrons. The second kappa shape index (κ2) is 4.26. The Kier molecular flexibility index (Phi) is 3.28. The van der Waals surface area contributed by atoms with Gasteiger partial charge < -0.3 is 10.1 Å². The van der Waals surface area contributed by atoms with Crippen LogP contribution in [0, 0.1) is 5.41 Å². The summed E-state index contributed by atoms with van der Waals surface area (Å²) in [4.78, 5) is 8.21. The summed E-state index contributed by atoms with van der Waals surface area (Å²) in [6.45, 7) is 7.32. The molecular weight excluding hydrogens is 178 g/mol. The second-order valence-electron chi connectivity index (χ2n) is 4.36. The van der Waals surface area contributed by atoms with Crippen molar-refractivity contribution < 1.29 is 4.74 Å². The average Bonchev–Trinajstić information content (AvgIpc) is 2.14. The molecule has 14 heavy (non-hydrogen) atoms. The van der Waals surface area contributed by atoms with Crippen molar-refractivity contribution in [3.05, 3.63) is 12.4 Å². The molecule has 0 aliphatic carbocycles. The molecule has 1 aromatic rings. The molecule has 0 spiro atoms. The first-order chi connectivity index (χ1) is 6.51. The zero-order valence-corrected chi connectivity index (χ0v) is 9.16. The third-order valence-electron chi connectivity index (χ3n) is 1.64. The van der Waals surface area contributed by atoms with Crippen LogP contribution in [-0.4, -0.2) is 23.6 Å². The largest absolute Gasteiger partial charge is 0.494 e. The van der Waals surface area contributed by atoms with Gasteiger partial charge in [0.05, 0.1) is 19.5 Å². The molecular formula is C10H17N3O. The van der Waals surface area contributed by atoms with Gasteiger partial charge in [-0.1, -0.05) is 20.8 Å². The van der Waals surface area contributed by atoms with Gasteiger partial charge in [0.25, 0.3) is 0 Å². The summed E-state index contributed by atoms with van der Waals surface area (Å²) in [7, 11) is 1.60. The van der Waals surface area contributed by atoms with Crippen molar-refractivity contribution in [3.63, 3.8) is 0 Å². The van der Waals surface area contributed by atoms with Crippen molar-refractivity contribution in [2.24, 2.45) is 5.41 Å². The van der Waals surface area contributed by atoms with E-state index in [1.807, 2.05) is 0 Å². The van der Waals surface area contributed by atoms with Gasteiger partial charge >= 0.3 is 0 Å². The van der Waals surface area contributed by atoms with Crippen LogP contribution >= 0.6 is 0 Å². The summed E-state index contributed by atoms with van der Waals surface area (Å²) >= 11 is 0. The Morgan fingerprint density at radius 3 is 2.29 bits per heavy atom. The zero-order valence-electron chi connectivity index (χ0n) is 9.16. The van der Waals surface area contributed by atoms with Gasteiger partial charge in [-0.25, -0.2) is 9.97 Å². The Morgan fingerprint density at radius 2 is 1.86 bits per heavy atom. The van der Waals surface area contributed by atoms with Gasteiger partial charge in [0.1, 0.15) is 0 Å². The van der Waals surface area contributed by atoms with E-state index in [2.05, 4.69) is 36.1 Å². The second-order valence-corrected chi connectivity index (χ2v) is 4.36. The molecule has 4 heteroatoms. The fourth-order valence-electron chi connectivity index (χ4n) is 0.857. The minimum absolute atomic E-state index is 0.225. The quantitative estimate of drug-likeness (QED) is 0.800. The summed E-state index contributed by atoms with van der Waals surface area (Å²) in [5, 5.41) is 3.16. The number of methoxy groups -OCH3 is 1. The van der Waals surface area contributed by atoms with E-state index in [9.17, 15) is 0 Å². The van der Waals surface area contributed by atoms with Crippen molar-refractivity contribution in [2.45, 2.75) is 20.8 Å². The number of ether oxygens (including phenoxy) is 1. The van der Waals surface area contributed by atoms with Gasteiger partial charge in [-0.3, -0.25) is 0 Å². The van der Waals surface area contributed by atoms with Crippen molar-refractivity contribution in [1.82, 2.24) is 9.97 Å². The molecule has 0 bridgehead atoms. The number of hydrogen-bond donors (Lipinski definition) is 1. The van der Waals surface area contributed by atoms with Gasteiger partial charge in [-0.2, -0.15) is 0 Å². The van der Waals surface area contributed by atoms with Gasteiger partial charge in [0, 0.05) is 6.54 Å². The maximum Gasteiger partial charge on any atom is 0.222 e. The highest BCUT2D eigenvalue weighted by Gasteiger charge is 2.09. The lowest BCUT2D eigenvalue weighted by Crippen LogP contribution is -2.20. The molecule has 1 N–H and O–H groups in total. The molecule has 1 heterocycles. The third-order valence-corrected chi connectivity index (χ3v) is 1.64. The monoisotopic (exact) mass is 195 g/mol. The van der Waals surface area contributed by atoms with Crippen LogP contribution in [0.15, 0.2) is 12.4 Å². The molecule has 1 rings (SSSR count). The maximum absolute atomic E-state index is 4.96. The lowest BCUT2D eigenvalue weighted by Gasteiger charge is -2.18. The smallest absolute Gasteiger partial charge is 0.222 e. The van der Waals surface area contributed by atoms with Crippen molar-refractivity contribution >= 4 is 5.95 Å². The fraction of sp³-hybridized carbons (Fsp3) is 0.600. The van der Waals surface area contributed by atoms with E-state index < -0.39 is 0 Å². The topological polar surface area (TPSA) is 47.0 Å². The summed E-state index contributed by atoms with van der Waals surface area (Å²) < 4.78 is 4.96. The van der Waals surface area contributed by atoms with Crippen LogP contribution in [-0.2, 0) is 0 Å². The van der Waals surface area contributed by atoms with Crippen LogP contribution in [0.5, 0.6) is 5.75 Å². The SMILES string of the molecule is COc1cnc(NCC(C)(C)C)nc1. The molecule has 0 aliphatic heterocycles.